The molecule has 2 heterocycles. The molecular weight excluding hydrogens is 206 g/mol. The van der Waals surface area contributed by atoms with Crippen LogP contribution in [0.25, 0.3) is 11.5 Å². The third-order valence-electron chi connectivity index (χ3n) is 2.23. The van der Waals surface area contributed by atoms with Crippen LogP contribution >= 0.6 is 0 Å². The molecule has 0 aliphatic heterocycles. The molecule has 2 aromatic heterocycles. The highest BCUT2D eigenvalue weighted by molar-refractivity contribution is 5.53. The Labute approximate surface area is 93.1 Å². The summed E-state index contributed by atoms with van der Waals surface area (Å²) in [5.74, 6) is 0.616. The first-order chi connectivity index (χ1) is 7.58. The zero-order chi connectivity index (χ0) is 11.7. The van der Waals surface area contributed by atoms with E-state index in [0.29, 0.717) is 11.5 Å². The van der Waals surface area contributed by atoms with Crippen LogP contribution < -0.4 is 0 Å². The van der Waals surface area contributed by atoms with Crippen molar-refractivity contribution in [2.45, 2.75) is 26.9 Å². The standard InChI is InChI=1S/C11H13N3O2/c1-6-4-7(2)9(12-5-6)10-13-11(8(3)15)16-14-10/h4-5,8,15H,1-3H3. The van der Waals surface area contributed by atoms with E-state index in [1.54, 1.807) is 13.1 Å². The van der Waals surface area contributed by atoms with E-state index in [1.807, 2.05) is 19.9 Å². The third-order valence-corrected chi connectivity index (χ3v) is 2.23. The van der Waals surface area contributed by atoms with Gasteiger partial charge in [0.2, 0.25) is 5.82 Å². The van der Waals surface area contributed by atoms with Crippen molar-refractivity contribution in [2.75, 3.05) is 0 Å². The fourth-order valence-corrected chi connectivity index (χ4v) is 1.45. The highest BCUT2D eigenvalue weighted by Gasteiger charge is 2.14. The fourth-order valence-electron chi connectivity index (χ4n) is 1.45. The van der Waals surface area contributed by atoms with Gasteiger partial charge in [0.15, 0.2) is 0 Å². The Balaban J connectivity index is 2.42. The Bertz CT molecular complexity index is 506. The quantitative estimate of drug-likeness (QED) is 0.833. The van der Waals surface area contributed by atoms with Crippen molar-refractivity contribution in [3.8, 4) is 11.5 Å². The Kier molecular flexibility index (Phi) is 2.70. The summed E-state index contributed by atoms with van der Waals surface area (Å²) in [5, 5.41) is 13.1. The predicted octanol–water partition coefficient (Wildman–Crippen LogP) is 1.80. The smallest absolute Gasteiger partial charge is 0.255 e. The van der Waals surface area contributed by atoms with Gasteiger partial charge in [-0.05, 0) is 31.9 Å². The summed E-state index contributed by atoms with van der Waals surface area (Å²) in [6.45, 7) is 5.49. The number of aryl methyl sites for hydroxylation is 2. The zero-order valence-electron chi connectivity index (χ0n) is 9.43. The molecule has 0 fully saturated rings. The second-order valence-corrected chi connectivity index (χ2v) is 3.81. The maximum Gasteiger partial charge on any atom is 0.255 e. The van der Waals surface area contributed by atoms with E-state index in [0.717, 1.165) is 11.1 Å². The second kappa shape index (κ2) is 4.02. The topological polar surface area (TPSA) is 72.0 Å². The molecule has 0 aliphatic carbocycles. The van der Waals surface area contributed by atoms with Crippen molar-refractivity contribution < 1.29 is 9.63 Å². The van der Waals surface area contributed by atoms with Crippen LogP contribution in [0.3, 0.4) is 0 Å². The molecule has 0 saturated carbocycles. The lowest BCUT2D eigenvalue weighted by atomic mass is 10.1. The summed E-state index contributed by atoms with van der Waals surface area (Å²) < 4.78 is 4.91. The first kappa shape index (κ1) is 10.8. The molecule has 0 amide bonds. The molecule has 5 heteroatoms. The van der Waals surface area contributed by atoms with Gasteiger partial charge >= 0.3 is 0 Å². The van der Waals surface area contributed by atoms with Gasteiger partial charge in [0.05, 0.1) is 0 Å². The fraction of sp³-hybridized carbons (Fsp3) is 0.364. The lowest BCUT2D eigenvalue weighted by Gasteiger charge is -2.00. The summed E-state index contributed by atoms with van der Waals surface area (Å²) >= 11 is 0. The zero-order valence-corrected chi connectivity index (χ0v) is 9.43. The van der Waals surface area contributed by atoms with E-state index in [-0.39, 0.29) is 5.89 Å². The van der Waals surface area contributed by atoms with Gasteiger partial charge < -0.3 is 9.63 Å². The highest BCUT2D eigenvalue weighted by atomic mass is 16.5. The molecule has 16 heavy (non-hydrogen) atoms. The molecule has 0 saturated heterocycles. The van der Waals surface area contributed by atoms with E-state index in [2.05, 4.69) is 15.1 Å². The number of aromatic nitrogens is 3. The Hall–Kier alpha value is -1.75. The molecule has 0 aliphatic rings. The molecule has 1 N–H and O–H groups in total. The number of aliphatic hydroxyl groups excluding tert-OH is 1. The van der Waals surface area contributed by atoms with Crippen LogP contribution in [0.5, 0.6) is 0 Å². The Morgan fingerprint density at radius 3 is 2.69 bits per heavy atom. The SMILES string of the molecule is Cc1cnc(-c2noc(C(C)O)n2)c(C)c1. The number of nitrogens with zero attached hydrogens (tertiary/aromatic N) is 3. The molecule has 0 spiro atoms. The Morgan fingerprint density at radius 2 is 2.12 bits per heavy atom. The second-order valence-electron chi connectivity index (χ2n) is 3.81. The van der Waals surface area contributed by atoms with Crippen LogP contribution in [-0.2, 0) is 0 Å². The average molecular weight is 219 g/mol. The molecule has 1 atom stereocenters. The van der Waals surface area contributed by atoms with Crippen molar-refractivity contribution in [3.05, 3.63) is 29.3 Å². The summed E-state index contributed by atoms with van der Waals surface area (Å²) in [6.07, 6.45) is 0.993. The summed E-state index contributed by atoms with van der Waals surface area (Å²) in [5.41, 5.74) is 2.75. The van der Waals surface area contributed by atoms with Crippen LogP contribution in [0.15, 0.2) is 16.8 Å². The van der Waals surface area contributed by atoms with Crippen LogP contribution in [-0.4, -0.2) is 20.2 Å². The van der Waals surface area contributed by atoms with Gasteiger partial charge in [0.25, 0.3) is 5.89 Å². The van der Waals surface area contributed by atoms with Gasteiger partial charge in [-0.25, -0.2) is 0 Å². The molecule has 0 bridgehead atoms. The van der Waals surface area contributed by atoms with Gasteiger partial charge in [-0.3, -0.25) is 4.98 Å². The van der Waals surface area contributed by atoms with Gasteiger partial charge in [-0.15, -0.1) is 0 Å². The minimum absolute atomic E-state index is 0.205. The average Bonchev–Trinajstić information content (AvgIpc) is 2.66. The van der Waals surface area contributed by atoms with Gasteiger partial charge in [0, 0.05) is 6.20 Å². The molecular formula is C11H13N3O2. The van der Waals surface area contributed by atoms with Gasteiger partial charge in [-0.1, -0.05) is 11.2 Å². The lowest BCUT2D eigenvalue weighted by molar-refractivity contribution is 0.152. The minimum atomic E-state index is -0.757. The summed E-state index contributed by atoms with van der Waals surface area (Å²) in [4.78, 5) is 8.33. The number of hydrogen-bond donors (Lipinski definition) is 1. The summed E-state index contributed by atoms with van der Waals surface area (Å²) in [7, 11) is 0. The van der Waals surface area contributed by atoms with Crippen molar-refractivity contribution in [3.63, 3.8) is 0 Å². The van der Waals surface area contributed by atoms with E-state index in [4.69, 9.17) is 4.52 Å². The molecule has 84 valence electrons. The maximum atomic E-state index is 9.28. The van der Waals surface area contributed by atoms with Crippen molar-refractivity contribution in [2.24, 2.45) is 0 Å². The van der Waals surface area contributed by atoms with Gasteiger partial charge in [-0.2, -0.15) is 4.98 Å². The van der Waals surface area contributed by atoms with E-state index >= 15 is 0 Å². The normalized spacial score (nSPS) is 12.8. The molecule has 1 unspecified atom stereocenters. The van der Waals surface area contributed by atoms with Crippen LogP contribution in [0.1, 0.15) is 30.0 Å². The van der Waals surface area contributed by atoms with E-state index in [9.17, 15) is 5.11 Å². The molecule has 0 aromatic carbocycles. The van der Waals surface area contributed by atoms with Crippen molar-refractivity contribution >= 4 is 0 Å². The van der Waals surface area contributed by atoms with Crippen molar-refractivity contribution in [1.29, 1.82) is 0 Å². The minimum Gasteiger partial charge on any atom is -0.384 e. The van der Waals surface area contributed by atoms with E-state index in [1.165, 1.54) is 0 Å². The molecule has 2 rings (SSSR count). The van der Waals surface area contributed by atoms with E-state index < -0.39 is 6.10 Å². The maximum absolute atomic E-state index is 9.28. The number of aliphatic hydroxyl groups is 1. The lowest BCUT2D eigenvalue weighted by Crippen LogP contribution is -1.93. The van der Waals surface area contributed by atoms with Crippen LogP contribution in [0, 0.1) is 13.8 Å². The third kappa shape index (κ3) is 1.94. The van der Waals surface area contributed by atoms with Crippen LogP contribution in [0.2, 0.25) is 0 Å². The summed E-state index contributed by atoms with van der Waals surface area (Å²) in [6, 6.07) is 2.00. The monoisotopic (exact) mass is 219 g/mol. The molecule has 2 aromatic rings. The highest BCUT2D eigenvalue weighted by Crippen LogP contribution is 2.20. The number of rotatable bonds is 2. The number of pyridine rings is 1. The first-order valence-electron chi connectivity index (χ1n) is 5.03. The number of hydrogen-bond acceptors (Lipinski definition) is 5. The first-order valence-corrected chi connectivity index (χ1v) is 5.03. The van der Waals surface area contributed by atoms with Gasteiger partial charge in [0.1, 0.15) is 11.8 Å². The van der Waals surface area contributed by atoms with Crippen molar-refractivity contribution in [1.82, 2.24) is 15.1 Å². The molecule has 5 nitrogen and oxygen atoms in total. The molecule has 0 radical (unpaired) electrons. The predicted molar refractivity (Wildman–Crippen MR) is 57.6 cm³/mol. The van der Waals surface area contributed by atoms with Crippen LogP contribution in [0.4, 0.5) is 0 Å². The Morgan fingerprint density at radius 1 is 1.38 bits per heavy atom. The largest absolute Gasteiger partial charge is 0.384 e.